The van der Waals surface area contributed by atoms with Crippen LogP contribution in [0.1, 0.15) is 31.2 Å². The van der Waals surface area contributed by atoms with Gasteiger partial charge in [0.05, 0.1) is 10.3 Å². The summed E-state index contributed by atoms with van der Waals surface area (Å²) in [6.45, 7) is 1.57. The molecule has 1 heterocycles. The van der Waals surface area contributed by atoms with E-state index in [1.807, 2.05) is 23.1 Å². The van der Waals surface area contributed by atoms with E-state index in [1.54, 1.807) is 30.3 Å². The third kappa shape index (κ3) is 3.35. The number of carbonyl (C=O) groups excluding carboxylic acids is 1. The minimum Gasteiger partial charge on any atom is -0.339 e. The van der Waals surface area contributed by atoms with E-state index in [4.69, 9.17) is 0 Å². The molecule has 1 amide bonds. The van der Waals surface area contributed by atoms with Gasteiger partial charge in [0.2, 0.25) is 15.9 Å². The number of hydrogen-bond acceptors (Lipinski definition) is 3. The van der Waals surface area contributed by atoms with Gasteiger partial charge < -0.3 is 4.90 Å². The summed E-state index contributed by atoms with van der Waals surface area (Å²) in [4.78, 5) is 15.7. The Hall–Kier alpha value is -2.18. The summed E-state index contributed by atoms with van der Waals surface area (Å²) in [6.07, 6.45) is 3.86. The molecule has 2 aliphatic rings. The predicted molar refractivity (Wildman–Crippen MR) is 108 cm³/mol. The quantitative estimate of drug-likeness (QED) is 0.795. The van der Waals surface area contributed by atoms with Crippen LogP contribution in [-0.4, -0.2) is 49.7 Å². The van der Waals surface area contributed by atoms with Crippen LogP contribution < -0.4 is 0 Å². The first-order chi connectivity index (χ1) is 13.5. The highest BCUT2D eigenvalue weighted by Gasteiger charge is 2.45. The van der Waals surface area contributed by atoms with Crippen molar-refractivity contribution in [1.82, 2.24) is 9.21 Å². The number of carbonyl (C=O) groups is 1. The maximum Gasteiger partial charge on any atom is 0.243 e. The predicted octanol–water partition coefficient (Wildman–Crippen LogP) is 3.03. The molecule has 4 rings (SSSR count). The smallest absolute Gasteiger partial charge is 0.243 e. The third-order valence-electron chi connectivity index (χ3n) is 6.10. The molecule has 0 bridgehead atoms. The largest absolute Gasteiger partial charge is 0.339 e. The van der Waals surface area contributed by atoms with Gasteiger partial charge in [0.25, 0.3) is 0 Å². The lowest BCUT2D eigenvalue weighted by molar-refractivity contribution is -0.138. The second-order valence-corrected chi connectivity index (χ2v) is 9.60. The summed E-state index contributed by atoms with van der Waals surface area (Å²) in [5.41, 5.74) is 0.652. The second kappa shape index (κ2) is 7.68. The van der Waals surface area contributed by atoms with Crippen LogP contribution >= 0.6 is 0 Å². The van der Waals surface area contributed by atoms with Crippen molar-refractivity contribution < 1.29 is 13.2 Å². The van der Waals surface area contributed by atoms with Crippen molar-refractivity contribution in [3.05, 3.63) is 66.2 Å². The van der Waals surface area contributed by atoms with Crippen LogP contribution in [0.5, 0.6) is 0 Å². The molecule has 2 fully saturated rings. The monoisotopic (exact) mass is 398 g/mol. The number of piperazine rings is 1. The van der Waals surface area contributed by atoms with Gasteiger partial charge in [-0.15, -0.1) is 0 Å². The molecular formula is C22H26N2O3S. The zero-order valence-electron chi connectivity index (χ0n) is 16.0. The average molecular weight is 399 g/mol. The van der Waals surface area contributed by atoms with E-state index in [0.717, 1.165) is 31.2 Å². The van der Waals surface area contributed by atoms with Gasteiger partial charge in [-0.05, 0) is 30.5 Å². The van der Waals surface area contributed by atoms with Crippen LogP contribution in [0.3, 0.4) is 0 Å². The third-order valence-corrected chi connectivity index (χ3v) is 8.01. The lowest BCUT2D eigenvalue weighted by Gasteiger charge is -2.39. The molecule has 0 radical (unpaired) electrons. The van der Waals surface area contributed by atoms with Gasteiger partial charge >= 0.3 is 0 Å². The van der Waals surface area contributed by atoms with Crippen molar-refractivity contribution in [2.24, 2.45) is 0 Å². The molecule has 0 unspecified atom stereocenters. The fourth-order valence-electron chi connectivity index (χ4n) is 4.54. The van der Waals surface area contributed by atoms with Crippen LogP contribution in [-0.2, 0) is 20.2 Å². The van der Waals surface area contributed by atoms with Crippen LogP contribution in [0.25, 0.3) is 0 Å². The molecule has 6 heteroatoms. The van der Waals surface area contributed by atoms with Gasteiger partial charge in [0.15, 0.2) is 0 Å². The van der Waals surface area contributed by atoms with E-state index in [9.17, 15) is 13.2 Å². The molecule has 0 N–H and O–H groups in total. The molecule has 5 nitrogen and oxygen atoms in total. The Morgan fingerprint density at radius 3 is 1.89 bits per heavy atom. The first-order valence-corrected chi connectivity index (χ1v) is 11.4. The van der Waals surface area contributed by atoms with Crippen molar-refractivity contribution >= 4 is 15.9 Å². The van der Waals surface area contributed by atoms with E-state index in [-0.39, 0.29) is 5.91 Å². The first-order valence-electron chi connectivity index (χ1n) is 9.94. The molecule has 1 aliphatic heterocycles. The van der Waals surface area contributed by atoms with E-state index in [2.05, 4.69) is 12.1 Å². The van der Waals surface area contributed by atoms with Crippen LogP contribution in [0.15, 0.2) is 65.6 Å². The molecule has 1 saturated carbocycles. The van der Waals surface area contributed by atoms with Crippen LogP contribution in [0, 0.1) is 0 Å². The molecule has 0 spiro atoms. The van der Waals surface area contributed by atoms with Crippen molar-refractivity contribution in [2.75, 3.05) is 26.2 Å². The molecule has 28 heavy (non-hydrogen) atoms. The molecule has 2 aromatic carbocycles. The molecule has 2 aromatic rings. The Morgan fingerprint density at radius 2 is 1.32 bits per heavy atom. The Kier molecular flexibility index (Phi) is 5.25. The summed E-state index contributed by atoms with van der Waals surface area (Å²) in [5, 5.41) is 0. The van der Waals surface area contributed by atoms with Crippen molar-refractivity contribution in [3.63, 3.8) is 0 Å². The molecule has 0 atom stereocenters. The normalized spacial score (nSPS) is 20.2. The minimum atomic E-state index is -3.50. The SMILES string of the molecule is O=C(N1CCN(S(=O)(=O)c2ccccc2)CC1)C1(c2ccccc2)CCCC1. The number of nitrogens with zero attached hydrogens (tertiary/aromatic N) is 2. The van der Waals surface area contributed by atoms with Gasteiger partial charge in [-0.25, -0.2) is 8.42 Å². The molecular weight excluding hydrogens is 372 g/mol. The Morgan fingerprint density at radius 1 is 0.786 bits per heavy atom. The number of amides is 1. The van der Waals surface area contributed by atoms with Gasteiger partial charge in [-0.2, -0.15) is 4.31 Å². The van der Waals surface area contributed by atoms with Gasteiger partial charge in [-0.1, -0.05) is 61.4 Å². The molecule has 0 aromatic heterocycles. The zero-order valence-corrected chi connectivity index (χ0v) is 16.8. The lowest BCUT2D eigenvalue weighted by Crippen LogP contribution is -2.55. The summed E-state index contributed by atoms with van der Waals surface area (Å²) in [7, 11) is -3.50. The van der Waals surface area contributed by atoms with Crippen LogP contribution in [0.4, 0.5) is 0 Å². The highest BCUT2D eigenvalue weighted by atomic mass is 32.2. The molecule has 1 saturated heterocycles. The summed E-state index contributed by atoms with van der Waals surface area (Å²) in [6, 6.07) is 18.6. The van der Waals surface area contributed by atoms with E-state index >= 15 is 0 Å². The maximum absolute atomic E-state index is 13.5. The van der Waals surface area contributed by atoms with E-state index in [0.29, 0.717) is 31.1 Å². The minimum absolute atomic E-state index is 0.160. The number of rotatable bonds is 4. The zero-order chi connectivity index (χ0) is 19.6. The Labute approximate surface area is 167 Å². The lowest BCUT2D eigenvalue weighted by atomic mass is 9.77. The maximum atomic E-state index is 13.5. The number of hydrogen-bond donors (Lipinski definition) is 0. The van der Waals surface area contributed by atoms with Crippen molar-refractivity contribution in [3.8, 4) is 0 Å². The van der Waals surface area contributed by atoms with Gasteiger partial charge in [0.1, 0.15) is 0 Å². The highest BCUT2D eigenvalue weighted by Crippen LogP contribution is 2.42. The fourth-order valence-corrected chi connectivity index (χ4v) is 5.98. The van der Waals surface area contributed by atoms with Crippen LogP contribution in [0.2, 0.25) is 0 Å². The summed E-state index contributed by atoms with van der Waals surface area (Å²) < 4.78 is 27.1. The van der Waals surface area contributed by atoms with E-state index in [1.165, 1.54) is 4.31 Å². The summed E-state index contributed by atoms with van der Waals surface area (Å²) in [5.74, 6) is 0.160. The Balaban J connectivity index is 1.50. The van der Waals surface area contributed by atoms with Gasteiger partial charge in [-0.3, -0.25) is 4.79 Å². The topological polar surface area (TPSA) is 57.7 Å². The fraction of sp³-hybridized carbons (Fsp3) is 0.409. The number of benzene rings is 2. The average Bonchev–Trinajstić information content (AvgIpc) is 3.26. The first kappa shape index (κ1) is 19.2. The van der Waals surface area contributed by atoms with Crippen molar-refractivity contribution in [2.45, 2.75) is 36.0 Å². The molecule has 1 aliphatic carbocycles. The van der Waals surface area contributed by atoms with E-state index < -0.39 is 15.4 Å². The summed E-state index contributed by atoms with van der Waals surface area (Å²) >= 11 is 0. The standard InChI is InChI=1S/C22H26N2O3S/c25-21(22(13-7-8-14-22)19-9-3-1-4-10-19)23-15-17-24(18-16-23)28(26,27)20-11-5-2-6-12-20/h1-6,9-12H,7-8,13-18H2. The van der Waals surface area contributed by atoms with Crippen molar-refractivity contribution in [1.29, 1.82) is 0 Å². The highest BCUT2D eigenvalue weighted by molar-refractivity contribution is 7.89. The second-order valence-electron chi connectivity index (χ2n) is 7.66. The number of sulfonamides is 1. The Bertz CT molecular complexity index is 915. The molecule has 148 valence electrons. The van der Waals surface area contributed by atoms with Gasteiger partial charge in [0, 0.05) is 26.2 Å².